The molecule has 20 heavy (non-hydrogen) atoms. The molecule has 0 aliphatic heterocycles. The Kier molecular flexibility index (Phi) is 3.82. The molecule has 2 rings (SSSR count). The van der Waals surface area contributed by atoms with Crippen molar-refractivity contribution in [3.8, 4) is 11.8 Å². The molecule has 0 saturated heterocycles. The average Bonchev–Trinajstić information content (AvgIpc) is 2.47. The number of nitrogens with zero attached hydrogens (tertiary/aromatic N) is 2. The minimum atomic E-state index is -1.05. The van der Waals surface area contributed by atoms with Crippen molar-refractivity contribution >= 4 is 17.5 Å². The number of nitriles is 1. The highest BCUT2D eigenvalue weighted by atomic mass is 16.5. The number of aromatic nitrogens is 1. The molecule has 6 nitrogen and oxygen atoms in total. The normalized spacial score (nSPS) is 9.60. The number of anilines is 2. The molecule has 100 valence electrons. The van der Waals surface area contributed by atoms with E-state index in [1.54, 1.807) is 18.2 Å². The summed E-state index contributed by atoms with van der Waals surface area (Å²) in [5.74, 6) is -0.242. The summed E-state index contributed by atoms with van der Waals surface area (Å²) in [6.07, 6.45) is 1.38. The Labute approximate surface area is 115 Å². The van der Waals surface area contributed by atoms with Crippen molar-refractivity contribution in [1.29, 1.82) is 5.26 Å². The van der Waals surface area contributed by atoms with Crippen LogP contribution in [0.5, 0.6) is 5.75 Å². The van der Waals surface area contributed by atoms with E-state index >= 15 is 0 Å². The summed E-state index contributed by atoms with van der Waals surface area (Å²) in [7, 11) is 1.49. The van der Waals surface area contributed by atoms with Crippen LogP contribution in [0.25, 0.3) is 0 Å². The Morgan fingerprint density at radius 3 is 2.90 bits per heavy atom. The van der Waals surface area contributed by atoms with Crippen LogP contribution >= 0.6 is 0 Å². The van der Waals surface area contributed by atoms with Crippen molar-refractivity contribution in [2.75, 3.05) is 12.4 Å². The Morgan fingerprint density at radius 1 is 1.45 bits per heavy atom. The molecule has 0 atom stereocenters. The number of methoxy groups -OCH3 is 1. The molecule has 0 spiro atoms. The van der Waals surface area contributed by atoms with Crippen molar-refractivity contribution in [3.05, 3.63) is 47.7 Å². The number of para-hydroxylation sites is 1. The number of carboxylic acid groups (broad SMARTS) is 1. The Morgan fingerprint density at radius 2 is 2.25 bits per heavy atom. The van der Waals surface area contributed by atoms with Crippen molar-refractivity contribution in [3.63, 3.8) is 0 Å². The van der Waals surface area contributed by atoms with Crippen LogP contribution in [-0.4, -0.2) is 23.2 Å². The van der Waals surface area contributed by atoms with Gasteiger partial charge in [0, 0.05) is 6.20 Å². The van der Waals surface area contributed by atoms with E-state index in [0.29, 0.717) is 22.8 Å². The maximum absolute atomic E-state index is 10.9. The summed E-state index contributed by atoms with van der Waals surface area (Å²) in [6, 6.07) is 9.84. The maximum atomic E-state index is 10.9. The second kappa shape index (κ2) is 5.71. The van der Waals surface area contributed by atoms with E-state index in [1.165, 1.54) is 25.4 Å². The van der Waals surface area contributed by atoms with Gasteiger partial charge in [0.1, 0.15) is 23.3 Å². The first-order chi connectivity index (χ1) is 9.65. The summed E-state index contributed by atoms with van der Waals surface area (Å²) in [4.78, 5) is 14.9. The van der Waals surface area contributed by atoms with Crippen LogP contribution in [-0.2, 0) is 0 Å². The molecule has 0 saturated carbocycles. The number of nitrogens with one attached hydrogen (secondary N) is 1. The third kappa shape index (κ3) is 2.67. The van der Waals surface area contributed by atoms with E-state index in [0.717, 1.165) is 0 Å². The number of aromatic carboxylic acids is 1. The molecule has 6 heteroatoms. The van der Waals surface area contributed by atoms with Gasteiger partial charge in [-0.3, -0.25) is 0 Å². The molecule has 0 radical (unpaired) electrons. The molecule has 2 aromatic rings. The first-order valence-electron chi connectivity index (χ1n) is 5.69. The van der Waals surface area contributed by atoms with E-state index in [1.807, 2.05) is 6.07 Å². The fourth-order valence-corrected chi connectivity index (χ4v) is 1.68. The Bertz CT molecular complexity index is 692. The predicted octanol–water partition coefficient (Wildman–Crippen LogP) is 2.40. The Hall–Kier alpha value is -3.07. The van der Waals surface area contributed by atoms with E-state index < -0.39 is 5.97 Å². The fraction of sp³-hybridized carbons (Fsp3) is 0.0714. The van der Waals surface area contributed by atoms with Crippen molar-refractivity contribution in [2.45, 2.75) is 0 Å². The molecule has 0 unspecified atom stereocenters. The summed E-state index contributed by atoms with van der Waals surface area (Å²) < 4.78 is 5.18. The summed E-state index contributed by atoms with van der Waals surface area (Å²) in [6.45, 7) is 0. The van der Waals surface area contributed by atoms with Gasteiger partial charge in [-0.1, -0.05) is 6.07 Å². The van der Waals surface area contributed by atoms with E-state index in [9.17, 15) is 4.79 Å². The van der Waals surface area contributed by atoms with Gasteiger partial charge in [-0.25, -0.2) is 9.78 Å². The lowest BCUT2D eigenvalue weighted by atomic mass is 10.1. The van der Waals surface area contributed by atoms with Gasteiger partial charge in [-0.15, -0.1) is 0 Å². The van der Waals surface area contributed by atoms with E-state index in [4.69, 9.17) is 15.1 Å². The van der Waals surface area contributed by atoms with Crippen LogP contribution in [0.1, 0.15) is 15.9 Å². The molecule has 1 heterocycles. The van der Waals surface area contributed by atoms with Crippen LogP contribution in [0, 0.1) is 11.3 Å². The first-order valence-corrected chi connectivity index (χ1v) is 5.69. The van der Waals surface area contributed by atoms with Crippen LogP contribution < -0.4 is 10.1 Å². The fourth-order valence-electron chi connectivity index (χ4n) is 1.68. The summed E-state index contributed by atoms with van der Waals surface area (Å²) >= 11 is 0. The molecular formula is C14H11N3O3. The smallest absolute Gasteiger partial charge is 0.335 e. The van der Waals surface area contributed by atoms with Gasteiger partial charge < -0.3 is 15.2 Å². The zero-order valence-electron chi connectivity index (χ0n) is 10.6. The largest absolute Gasteiger partial charge is 0.495 e. The third-order valence-corrected chi connectivity index (χ3v) is 2.63. The standard InChI is InChI=1S/C14H11N3O3/c1-20-11-4-2-3-10(8-15)13(11)17-12-7-9(14(18)19)5-6-16-12/h2-7H,1H3,(H,16,17)(H,18,19). The number of rotatable bonds is 4. The lowest BCUT2D eigenvalue weighted by Crippen LogP contribution is -2.02. The molecule has 0 bridgehead atoms. The lowest BCUT2D eigenvalue weighted by molar-refractivity contribution is 0.0697. The highest BCUT2D eigenvalue weighted by molar-refractivity contribution is 5.88. The van der Waals surface area contributed by atoms with Crippen molar-refractivity contribution in [2.24, 2.45) is 0 Å². The number of hydrogen-bond donors (Lipinski definition) is 2. The van der Waals surface area contributed by atoms with E-state index in [-0.39, 0.29) is 5.56 Å². The highest BCUT2D eigenvalue weighted by Gasteiger charge is 2.11. The molecule has 0 aliphatic rings. The number of carboxylic acids is 1. The molecular weight excluding hydrogens is 258 g/mol. The minimum Gasteiger partial charge on any atom is -0.495 e. The average molecular weight is 269 g/mol. The van der Waals surface area contributed by atoms with Gasteiger partial charge >= 0.3 is 5.97 Å². The van der Waals surface area contributed by atoms with Crippen LogP contribution in [0.3, 0.4) is 0 Å². The third-order valence-electron chi connectivity index (χ3n) is 2.63. The number of pyridine rings is 1. The number of hydrogen-bond acceptors (Lipinski definition) is 5. The molecule has 0 amide bonds. The van der Waals surface area contributed by atoms with E-state index in [2.05, 4.69) is 10.3 Å². The van der Waals surface area contributed by atoms with Crippen molar-refractivity contribution < 1.29 is 14.6 Å². The van der Waals surface area contributed by atoms with Crippen LogP contribution in [0.4, 0.5) is 11.5 Å². The molecule has 1 aromatic heterocycles. The second-order valence-electron chi connectivity index (χ2n) is 3.85. The van der Waals surface area contributed by atoms with Crippen LogP contribution in [0.15, 0.2) is 36.5 Å². The van der Waals surface area contributed by atoms with Crippen molar-refractivity contribution in [1.82, 2.24) is 4.98 Å². The van der Waals surface area contributed by atoms with Gasteiger partial charge in [-0.2, -0.15) is 5.26 Å². The van der Waals surface area contributed by atoms with Gasteiger partial charge in [0.25, 0.3) is 0 Å². The summed E-state index contributed by atoms with van der Waals surface area (Å²) in [5, 5.41) is 21.0. The minimum absolute atomic E-state index is 0.107. The number of benzene rings is 1. The molecule has 2 N–H and O–H groups in total. The zero-order valence-corrected chi connectivity index (χ0v) is 10.6. The first kappa shape index (κ1) is 13.4. The SMILES string of the molecule is COc1cccc(C#N)c1Nc1cc(C(=O)O)ccn1. The predicted molar refractivity (Wildman–Crippen MR) is 72.2 cm³/mol. The van der Waals surface area contributed by atoms with Gasteiger partial charge in [0.2, 0.25) is 0 Å². The topological polar surface area (TPSA) is 95.2 Å². The monoisotopic (exact) mass is 269 g/mol. The molecule has 1 aromatic carbocycles. The summed E-state index contributed by atoms with van der Waals surface area (Å²) in [5.41, 5.74) is 0.940. The highest BCUT2D eigenvalue weighted by Crippen LogP contribution is 2.30. The van der Waals surface area contributed by atoms with Gasteiger partial charge in [0.05, 0.1) is 18.2 Å². The lowest BCUT2D eigenvalue weighted by Gasteiger charge is -2.12. The zero-order chi connectivity index (χ0) is 14.5. The number of carbonyl (C=O) groups is 1. The quantitative estimate of drug-likeness (QED) is 0.884. The number of ether oxygens (including phenoxy) is 1. The maximum Gasteiger partial charge on any atom is 0.335 e. The second-order valence-corrected chi connectivity index (χ2v) is 3.85. The van der Waals surface area contributed by atoms with Gasteiger partial charge in [0.15, 0.2) is 0 Å². The molecule has 0 aliphatic carbocycles. The Balaban J connectivity index is 2.42. The van der Waals surface area contributed by atoms with Gasteiger partial charge in [-0.05, 0) is 24.3 Å². The molecule has 0 fully saturated rings. The van der Waals surface area contributed by atoms with Crippen LogP contribution in [0.2, 0.25) is 0 Å².